The van der Waals surface area contributed by atoms with Crippen LogP contribution in [0.3, 0.4) is 0 Å². The van der Waals surface area contributed by atoms with E-state index < -0.39 is 6.29 Å². The molecule has 2 saturated heterocycles. The van der Waals surface area contributed by atoms with E-state index in [1.165, 1.54) is 6.92 Å². The molecule has 10 nitrogen and oxygen atoms in total. The minimum absolute atomic E-state index is 0.00463. The monoisotopic (exact) mass is 621 g/mol. The molecule has 0 saturated carbocycles. The predicted molar refractivity (Wildman–Crippen MR) is 174 cm³/mol. The number of hydrogen-bond donors (Lipinski definition) is 2. The van der Waals surface area contributed by atoms with Gasteiger partial charge in [0, 0.05) is 68.4 Å². The Balaban J connectivity index is 1.11. The molecule has 1 aromatic heterocycles. The Morgan fingerprint density at radius 3 is 2.26 bits per heavy atom. The summed E-state index contributed by atoms with van der Waals surface area (Å²) in [5.74, 6) is 0.550. The van der Waals surface area contributed by atoms with Crippen LogP contribution in [0.4, 0.5) is 11.6 Å². The number of anilines is 2. The molecular weight excluding hydrogens is 582 g/mol. The van der Waals surface area contributed by atoms with Crippen LogP contribution < -0.4 is 10.2 Å². The molecule has 3 aromatic carbocycles. The first-order chi connectivity index (χ1) is 22.4. The number of piperazine rings is 1. The van der Waals surface area contributed by atoms with E-state index in [0.29, 0.717) is 17.7 Å². The van der Waals surface area contributed by atoms with Crippen molar-refractivity contribution in [3.05, 3.63) is 119 Å². The minimum atomic E-state index is -0.572. The molecule has 3 atom stereocenters. The van der Waals surface area contributed by atoms with Gasteiger partial charge in [-0.2, -0.15) is 0 Å². The summed E-state index contributed by atoms with van der Waals surface area (Å²) in [6.45, 7) is 5.74. The number of aromatic nitrogens is 2. The summed E-state index contributed by atoms with van der Waals surface area (Å²) in [7, 11) is 0. The fraction of sp³-hybridized carbons (Fsp3) is 0.333. The van der Waals surface area contributed by atoms with E-state index in [9.17, 15) is 14.7 Å². The van der Waals surface area contributed by atoms with Gasteiger partial charge < -0.3 is 24.8 Å². The molecule has 2 aliphatic rings. The molecule has 3 heterocycles. The van der Waals surface area contributed by atoms with Crippen molar-refractivity contribution in [3.63, 3.8) is 0 Å². The van der Waals surface area contributed by atoms with Crippen molar-refractivity contribution in [1.82, 2.24) is 14.9 Å². The number of aliphatic hydroxyl groups excluding tert-OH is 1. The van der Waals surface area contributed by atoms with E-state index in [2.05, 4.69) is 25.1 Å². The summed E-state index contributed by atoms with van der Waals surface area (Å²) >= 11 is 0. The smallest absolute Gasteiger partial charge is 0.228 e. The maximum Gasteiger partial charge on any atom is 0.228 e. The van der Waals surface area contributed by atoms with E-state index in [4.69, 9.17) is 9.47 Å². The van der Waals surface area contributed by atoms with Crippen LogP contribution in [0.25, 0.3) is 0 Å². The number of Topliss-reactive ketones (excluding diaryl/α,β-unsaturated/α-hetero) is 1. The van der Waals surface area contributed by atoms with Crippen LogP contribution in [0.5, 0.6) is 0 Å². The first-order valence-electron chi connectivity index (χ1n) is 15.7. The highest BCUT2D eigenvalue weighted by molar-refractivity contribution is 5.97. The average molecular weight is 622 g/mol. The van der Waals surface area contributed by atoms with E-state index in [0.717, 1.165) is 60.9 Å². The molecule has 46 heavy (non-hydrogen) atoms. The second-order valence-electron chi connectivity index (χ2n) is 11.8. The van der Waals surface area contributed by atoms with Crippen molar-refractivity contribution in [2.24, 2.45) is 0 Å². The van der Waals surface area contributed by atoms with E-state index in [-0.39, 0.29) is 36.9 Å². The normalized spacial score (nSPS) is 20.3. The summed E-state index contributed by atoms with van der Waals surface area (Å²) < 4.78 is 13.1. The highest BCUT2D eigenvalue weighted by Crippen LogP contribution is 2.38. The van der Waals surface area contributed by atoms with Crippen LogP contribution in [0.2, 0.25) is 0 Å². The lowest BCUT2D eigenvalue weighted by atomic mass is 9.99. The van der Waals surface area contributed by atoms with Crippen molar-refractivity contribution >= 4 is 23.3 Å². The largest absolute Gasteiger partial charge is 0.392 e. The quantitative estimate of drug-likeness (QED) is 0.243. The zero-order chi connectivity index (χ0) is 31.9. The maximum atomic E-state index is 12.8. The van der Waals surface area contributed by atoms with Gasteiger partial charge in [0.15, 0.2) is 12.1 Å². The van der Waals surface area contributed by atoms with Gasteiger partial charge in [-0.05, 0) is 41.8 Å². The van der Waals surface area contributed by atoms with Gasteiger partial charge in [-0.3, -0.25) is 14.5 Å². The van der Waals surface area contributed by atoms with Crippen LogP contribution >= 0.6 is 0 Å². The Morgan fingerprint density at radius 2 is 1.57 bits per heavy atom. The van der Waals surface area contributed by atoms with Crippen LogP contribution in [0.15, 0.2) is 91.3 Å². The molecule has 4 aromatic rings. The van der Waals surface area contributed by atoms with Crippen LogP contribution in [-0.4, -0.2) is 70.5 Å². The third-order valence-corrected chi connectivity index (χ3v) is 8.45. The molecule has 0 bridgehead atoms. The molecule has 2 fully saturated rings. The lowest BCUT2D eigenvalue weighted by molar-refractivity contribution is -0.253. The number of benzene rings is 3. The fourth-order valence-corrected chi connectivity index (χ4v) is 5.91. The Kier molecular flexibility index (Phi) is 10.1. The van der Waals surface area contributed by atoms with Gasteiger partial charge in [-0.1, -0.05) is 60.7 Å². The fourth-order valence-electron chi connectivity index (χ4n) is 5.91. The predicted octanol–water partition coefficient (Wildman–Crippen LogP) is 4.72. The third kappa shape index (κ3) is 8.02. The number of ether oxygens (including phenoxy) is 2. The zero-order valence-electron chi connectivity index (χ0n) is 25.9. The number of carbonyl (C=O) groups is 2. The van der Waals surface area contributed by atoms with Crippen LogP contribution in [-0.2, 0) is 27.3 Å². The van der Waals surface area contributed by atoms with Gasteiger partial charge in [0.2, 0.25) is 11.9 Å². The van der Waals surface area contributed by atoms with Gasteiger partial charge in [0.05, 0.1) is 25.2 Å². The molecule has 1 amide bonds. The van der Waals surface area contributed by atoms with Gasteiger partial charge in [-0.15, -0.1) is 0 Å². The lowest BCUT2D eigenvalue weighted by Gasteiger charge is -2.40. The highest BCUT2D eigenvalue weighted by Gasteiger charge is 2.34. The Labute approximate surface area is 269 Å². The summed E-state index contributed by atoms with van der Waals surface area (Å²) in [4.78, 5) is 37.9. The second-order valence-corrected chi connectivity index (χ2v) is 11.8. The first-order valence-corrected chi connectivity index (χ1v) is 15.7. The molecule has 6 rings (SSSR count). The molecule has 0 aliphatic carbocycles. The number of nitrogens with zero attached hydrogens (tertiary/aromatic N) is 4. The minimum Gasteiger partial charge on any atom is -0.392 e. The number of nitrogens with one attached hydrogen (secondary N) is 1. The Hall–Kier alpha value is -4.48. The van der Waals surface area contributed by atoms with Crippen molar-refractivity contribution < 1.29 is 24.2 Å². The van der Waals surface area contributed by atoms with Crippen molar-refractivity contribution in [2.75, 3.05) is 42.9 Å². The number of carbonyl (C=O) groups excluding carboxylic acids is 2. The van der Waals surface area contributed by atoms with Crippen molar-refractivity contribution in [2.45, 2.75) is 44.9 Å². The van der Waals surface area contributed by atoms with Crippen molar-refractivity contribution in [1.29, 1.82) is 0 Å². The topological polar surface area (TPSA) is 117 Å². The summed E-state index contributed by atoms with van der Waals surface area (Å²) in [6.07, 6.45) is 3.65. The number of rotatable bonds is 10. The number of ketones is 1. The average Bonchev–Trinajstić information content (AvgIpc) is 3.09. The summed E-state index contributed by atoms with van der Waals surface area (Å²) in [5.41, 5.74) is 4.79. The van der Waals surface area contributed by atoms with E-state index in [1.807, 2.05) is 54.6 Å². The van der Waals surface area contributed by atoms with Crippen LogP contribution in [0, 0.1) is 0 Å². The molecule has 10 heteroatoms. The van der Waals surface area contributed by atoms with Gasteiger partial charge in [0.1, 0.15) is 0 Å². The van der Waals surface area contributed by atoms with Gasteiger partial charge in [0.25, 0.3) is 0 Å². The SMILES string of the molecule is CC(=O)c1cccc(NC(=O)Cc2ccc(C3OC(CN4CCN(c5ncccn5)CC4)CC(c4ccc(CO)cc4)O3)cc2)c1. The van der Waals surface area contributed by atoms with Crippen LogP contribution in [0.1, 0.15) is 58.4 Å². The maximum absolute atomic E-state index is 12.8. The molecule has 0 spiro atoms. The summed E-state index contributed by atoms with van der Waals surface area (Å²) in [5, 5.41) is 12.4. The van der Waals surface area contributed by atoms with Crippen molar-refractivity contribution in [3.8, 4) is 0 Å². The van der Waals surface area contributed by atoms with Gasteiger partial charge >= 0.3 is 0 Å². The van der Waals surface area contributed by atoms with E-state index in [1.54, 1.807) is 36.7 Å². The lowest BCUT2D eigenvalue weighted by Crippen LogP contribution is -2.50. The first kappa shape index (κ1) is 31.5. The Bertz CT molecular complexity index is 1610. The molecule has 0 radical (unpaired) electrons. The third-order valence-electron chi connectivity index (χ3n) is 8.45. The molecule has 2 N–H and O–H groups in total. The zero-order valence-corrected chi connectivity index (χ0v) is 25.9. The Morgan fingerprint density at radius 1 is 0.870 bits per heavy atom. The van der Waals surface area contributed by atoms with Gasteiger partial charge in [-0.25, -0.2) is 9.97 Å². The number of aliphatic hydroxyl groups is 1. The molecule has 238 valence electrons. The number of amides is 1. The standard InChI is InChI=1S/C36H39N5O5/c1-25(43)30-4-2-5-31(21-30)39-34(44)20-26-6-12-29(13-7-26)35-45-32(22-33(46-35)28-10-8-27(24-42)9-11-28)23-40-16-18-41(19-17-40)36-37-14-3-15-38-36/h2-15,21,32-33,35,42H,16-20,22-24H2,1H3,(H,39,44). The molecular formula is C36H39N5O5. The second kappa shape index (κ2) is 14.7. The van der Waals surface area contributed by atoms with E-state index >= 15 is 0 Å². The molecule has 2 aliphatic heterocycles. The summed E-state index contributed by atoms with van der Waals surface area (Å²) in [6, 6.07) is 24.4. The number of hydrogen-bond acceptors (Lipinski definition) is 9. The molecule has 3 unspecified atom stereocenters. The highest BCUT2D eigenvalue weighted by atomic mass is 16.7.